The minimum Gasteiger partial charge on any atom is -0.395 e. The molecule has 0 amide bonds. The highest BCUT2D eigenvalue weighted by Crippen LogP contribution is 2.26. The standard InChI is InChI=1S/C14H20BrNO2/c1-3-12(4-2)16(7-8-17)13-6-5-11(10-18)14(15)9-13/h5-6,9-10,12,17H,3-4,7-8H2,1-2H3. The van der Waals surface area contributed by atoms with Gasteiger partial charge in [0.1, 0.15) is 0 Å². The normalized spacial score (nSPS) is 10.7. The Balaban J connectivity index is 3.05. The van der Waals surface area contributed by atoms with Gasteiger partial charge in [0, 0.05) is 28.3 Å². The predicted octanol–water partition coefficient (Wildman–Crippen LogP) is 3.25. The summed E-state index contributed by atoms with van der Waals surface area (Å²) in [4.78, 5) is 13.0. The predicted molar refractivity (Wildman–Crippen MR) is 78.3 cm³/mol. The van der Waals surface area contributed by atoms with Crippen LogP contribution in [-0.4, -0.2) is 30.6 Å². The van der Waals surface area contributed by atoms with E-state index in [1.165, 1.54) is 0 Å². The molecule has 1 aromatic carbocycles. The second-order valence-corrected chi connectivity index (χ2v) is 5.07. The largest absolute Gasteiger partial charge is 0.395 e. The van der Waals surface area contributed by atoms with Crippen LogP contribution in [0.3, 0.4) is 0 Å². The lowest BCUT2D eigenvalue weighted by atomic mass is 10.1. The average Bonchev–Trinajstić information content (AvgIpc) is 2.39. The van der Waals surface area contributed by atoms with Gasteiger partial charge in [-0.3, -0.25) is 4.79 Å². The van der Waals surface area contributed by atoms with Crippen LogP contribution in [0.5, 0.6) is 0 Å². The highest BCUT2D eigenvalue weighted by molar-refractivity contribution is 9.10. The molecule has 1 aromatic rings. The molecule has 0 fully saturated rings. The Kier molecular flexibility index (Phi) is 6.36. The fourth-order valence-corrected chi connectivity index (χ4v) is 2.61. The van der Waals surface area contributed by atoms with Crippen LogP contribution in [0.15, 0.2) is 22.7 Å². The molecule has 0 aromatic heterocycles. The van der Waals surface area contributed by atoms with Gasteiger partial charge in [0.15, 0.2) is 6.29 Å². The summed E-state index contributed by atoms with van der Waals surface area (Å²) in [5, 5.41) is 9.20. The molecule has 1 N–H and O–H groups in total. The summed E-state index contributed by atoms with van der Waals surface area (Å²) >= 11 is 3.40. The van der Waals surface area contributed by atoms with E-state index in [1.54, 1.807) is 6.07 Å². The molecule has 0 saturated carbocycles. The maximum Gasteiger partial charge on any atom is 0.151 e. The summed E-state index contributed by atoms with van der Waals surface area (Å²) in [5.74, 6) is 0. The van der Waals surface area contributed by atoms with E-state index in [4.69, 9.17) is 0 Å². The molecule has 0 saturated heterocycles. The molecule has 0 aliphatic carbocycles. The van der Waals surface area contributed by atoms with Gasteiger partial charge in [-0.05, 0) is 47.0 Å². The first-order chi connectivity index (χ1) is 8.67. The lowest BCUT2D eigenvalue weighted by Gasteiger charge is -2.32. The molecule has 18 heavy (non-hydrogen) atoms. The number of rotatable bonds is 7. The smallest absolute Gasteiger partial charge is 0.151 e. The maximum atomic E-state index is 10.8. The zero-order chi connectivity index (χ0) is 13.5. The van der Waals surface area contributed by atoms with E-state index in [1.807, 2.05) is 12.1 Å². The Morgan fingerprint density at radius 3 is 2.50 bits per heavy atom. The molecule has 3 nitrogen and oxygen atoms in total. The Morgan fingerprint density at radius 1 is 1.39 bits per heavy atom. The van der Waals surface area contributed by atoms with Crippen molar-refractivity contribution in [3.63, 3.8) is 0 Å². The molecule has 0 aliphatic rings. The van der Waals surface area contributed by atoms with Crippen molar-refractivity contribution in [1.29, 1.82) is 0 Å². The third-order valence-electron chi connectivity index (χ3n) is 3.17. The number of hydrogen-bond acceptors (Lipinski definition) is 3. The van der Waals surface area contributed by atoms with Gasteiger partial charge in [0.2, 0.25) is 0 Å². The van der Waals surface area contributed by atoms with Crippen LogP contribution in [0.2, 0.25) is 0 Å². The van der Waals surface area contributed by atoms with Crippen molar-refractivity contribution < 1.29 is 9.90 Å². The van der Waals surface area contributed by atoms with Crippen molar-refractivity contribution in [3.05, 3.63) is 28.2 Å². The molecular formula is C14H20BrNO2. The van der Waals surface area contributed by atoms with Crippen LogP contribution in [0.25, 0.3) is 0 Å². The Labute approximate surface area is 117 Å². The summed E-state index contributed by atoms with van der Waals surface area (Å²) in [6.45, 7) is 5.03. The van der Waals surface area contributed by atoms with Gasteiger partial charge in [-0.15, -0.1) is 0 Å². The minimum absolute atomic E-state index is 0.129. The molecule has 0 aliphatic heterocycles. The topological polar surface area (TPSA) is 40.5 Å². The van der Waals surface area contributed by atoms with Crippen molar-refractivity contribution in [1.82, 2.24) is 0 Å². The van der Waals surface area contributed by atoms with E-state index in [2.05, 4.69) is 34.7 Å². The van der Waals surface area contributed by atoms with Crippen molar-refractivity contribution >= 4 is 27.9 Å². The third-order valence-corrected chi connectivity index (χ3v) is 3.85. The van der Waals surface area contributed by atoms with Gasteiger partial charge in [-0.25, -0.2) is 0 Å². The van der Waals surface area contributed by atoms with Gasteiger partial charge in [0.05, 0.1) is 6.61 Å². The first-order valence-electron chi connectivity index (χ1n) is 6.30. The highest BCUT2D eigenvalue weighted by Gasteiger charge is 2.16. The summed E-state index contributed by atoms with van der Waals surface area (Å²) in [6, 6.07) is 6.09. The summed E-state index contributed by atoms with van der Waals surface area (Å²) < 4.78 is 0.795. The van der Waals surface area contributed by atoms with Crippen molar-refractivity contribution in [2.75, 3.05) is 18.1 Å². The average molecular weight is 314 g/mol. The van der Waals surface area contributed by atoms with Gasteiger partial charge < -0.3 is 10.0 Å². The molecule has 0 unspecified atom stereocenters. The summed E-state index contributed by atoms with van der Waals surface area (Å²) in [5.41, 5.74) is 1.68. The molecule has 0 atom stereocenters. The highest BCUT2D eigenvalue weighted by atomic mass is 79.9. The van der Waals surface area contributed by atoms with Gasteiger partial charge in [-0.1, -0.05) is 13.8 Å². The number of hydrogen-bond donors (Lipinski definition) is 1. The molecule has 1 rings (SSSR count). The van der Waals surface area contributed by atoms with E-state index in [9.17, 15) is 9.90 Å². The fourth-order valence-electron chi connectivity index (χ4n) is 2.15. The number of benzene rings is 1. The van der Waals surface area contributed by atoms with E-state index in [-0.39, 0.29) is 6.61 Å². The molecule has 100 valence electrons. The molecule has 0 radical (unpaired) electrons. The Bertz CT molecular complexity index is 391. The lowest BCUT2D eigenvalue weighted by Crippen LogP contribution is -2.36. The zero-order valence-electron chi connectivity index (χ0n) is 10.9. The monoisotopic (exact) mass is 313 g/mol. The van der Waals surface area contributed by atoms with Crippen LogP contribution >= 0.6 is 15.9 Å². The number of halogens is 1. The SMILES string of the molecule is CCC(CC)N(CCO)c1ccc(C=O)c(Br)c1. The van der Waals surface area contributed by atoms with E-state index >= 15 is 0 Å². The fraction of sp³-hybridized carbons (Fsp3) is 0.500. The van der Waals surface area contributed by atoms with E-state index in [0.29, 0.717) is 18.2 Å². The first kappa shape index (κ1) is 15.2. The Hall–Kier alpha value is -0.870. The van der Waals surface area contributed by atoms with Gasteiger partial charge in [0.25, 0.3) is 0 Å². The van der Waals surface area contributed by atoms with Crippen LogP contribution < -0.4 is 4.90 Å². The minimum atomic E-state index is 0.129. The number of carbonyl (C=O) groups excluding carboxylic acids is 1. The number of aliphatic hydroxyl groups is 1. The summed E-state index contributed by atoms with van der Waals surface area (Å²) in [6.07, 6.45) is 2.90. The van der Waals surface area contributed by atoms with E-state index in [0.717, 1.165) is 29.3 Å². The quantitative estimate of drug-likeness (QED) is 0.786. The van der Waals surface area contributed by atoms with Crippen molar-refractivity contribution in [2.45, 2.75) is 32.7 Å². The molecule has 0 spiro atoms. The molecule has 0 bridgehead atoms. The van der Waals surface area contributed by atoms with Crippen molar-refractivity contribution in [2.24, 2.45) is 0 Å². The van der Waals surface area contributed by atoms with Gasteiger partial charge in [-0.2, -0.15) is 0 Å². The Morgan fingerprint density at radius 2 is 2.06 bits per heavy atom. The van der Waals surface area contributed by atoms with Crippen LogP contribution in [0.1, 0.15) is 37.0 Å². The molecule has 0 heterocycles. The van der Waals surface area contributed by atoms with Crippen LogP contribution in [0.4, 0.5) is 5.69 Å². The zero-order valence-corrected chi connectivity index (χ0v) is 12.5. The third kappa shape index (κ3) is 3.56. The number of anilines is 1. The number of carbonyl (C=O) groups is 1. The van der Waals surface area contributed by atoms with Crippen molar-refractivity contribution in [3.8, 4) is 0 Å². The summed E-state index contributed by atoms with van der Waals surface area (Å²) in [7, 11) is 0. The van der Waals surface area contributed by atoms with Crippen LogP contribution in [-0.2, 0) is 0 Å². The van der Waals surface area contributed by atoms with Crippen LogP contribution in [0, 0.1) is 0 Å². The molecule has 4 heteroatoms. The second kappa shape index (κ2) is 7.54. The first-order valence-corrected chi connectivity index (χ1v) is 7.09. The van der Waals surface area contributed by atoms with E-state index < -0.39 is 0 Å². The lowest BCUT2D eigenvalue weighted by molar-refractivity contribution is 0.112. The second-order valence-electron chi connectivity index (χ2n) is 4.21. The number of aliphatic hydroxyl groups excluding tert-OH is 1. The maximum absolute atomic E-state index is 10.8. The molecular weight excluding hydrogens is 294 g/mol. The number of nitrogens with zero attached hydrogens (tertiary/aromatic N) is 1. The number of aldehydes is 1. The van der Waals surface area contributed by atoms with Gasteiger partial charge >= 0.3 is 0 Å².